The molecule has 1 aromatic carbocycles. The van der Waals surface area contributed by atoms with Gasteiger partial charge in [0.1, 0.15) is 5.75 Å². The minimum absolute atomic E-state index is 0.0884. The number of carbonyl (C=O) groups excluding carboxylic acids is 1. The van der Waals surface area contributed by atoms with Gasteiger partial charge in [0, 0.05) is 20.0 Å². The van der Waals surface area contributed by atoms with E-state index in [-0.39, 0.29) is 16.6 Å². The largest absolute Gasteiger partial charge is 0.495 e. The highest BCUT2D eigenvalue weighted by atomic mass is 32.2. The summed E-state index contributed by atoms with van der Waals surface area (Å²) >= 11 is 1.31. The third-order valence-electron chi connectivity index (χ3n) is 4.09. The van der Waals surface area contributed by atoms with Crippen molar-refractivity contribution in [3.05, 3.63) is 29.9 Å². The Balaban J connectivity index is 1.67. The van der Waals surface area contributed by atoms with Gasteiger partial charge in [-0.1, -0.05) is 5.16 Å². The zero-order valence-corrected chi connectivity index (χ0v) is 17.7. The molecule has 1 N–H and O–H groups in total. The zero-order valence-electron chi connectivity index (χ0n) is 16.1. The number of aryl methyl sites for hydroxylation is 1. The van der Waals surface area contributed by atoms with Crippen LogP contribution in [-0.4, -0.2) is 67.9 Å². The number of methoxy groups -OCH3 is 1. The van der Waals surface area contributed by atoms with Gasteiger partial charge in [0.15, 0.2) is 5.82 Å². The Morgan fingerprint density at radius 3 is 2.76 bits per heavy atom. The van der Waals surface area contributed by atoms with Gasteiger partial charge in [-0.05, 0) is 18.2 Å². The molecular formula is C17H22N4O6S2. The first-order valence-corrected chi connectivity index (χ1v) is 11.4. The van der Waals surface area contributed by atoms with Crippen LogP contribution >= 0.6 is 11.8 Å². The minimum Gasteiger partial charge on any atom is -0.495 e. The highest BCUT2D eigenvalue weighted by Crippen LogP contribution is 2.29. The van der Waals surface area contributed by atoms with Crippen molar-refractivity contribution in [3.63, 3.8) is 0 Å². The van der Waals surface area contributed by atoms with Crippen LogP contribution in [0.1, 0.15) is 11.7 Å². The molecule has 2 aromatic rings. The summed E-state index contributed by atoms with van der Waals surface area (Å²) in [5.74, 6) is 1.61. The second kappa shape index (κ2) is 9.57. The number of nitrogens with one attached hydrogen (secondary N) is 1. The van der Waals surface area contributed by atoms with Crippen molar-refractivity contribution in [2.75, 3.05) is 44.5 Å². The van der Waals surface area contributed by atoms with E-state index in [2.05, 4.69) is 15.5 Å². The third kappa shape index (κ3) is 5.47. The number of benzene rings is 1. The van der Waals surface area contributed by atoms with Gasteiger partial charge in [-0.15, -0.1) is 11.8 Å². The highest BCUT2D eigenvalue weighted by Gasteiger charge is 2.27. The van der Waals surface area contributed by atoms with Gasteiger partial charge in [-0.3, -0.25) is 4.79 Å². The second-order valence-corrected chi connectivity index (χ2v) is 9.07. The number of morpholine rings is 1. The lowest BCUT2D eigenvalue weighted by atomic mass is 10.3. The molecule has 1 aromatic heterocycles. The van der Waals surface area contributed by atoms with E-state index in [1.165, 1.54) is 41.4 Å². The Hall–Kier alpha value is -2.15. The summed E-state index contributed by atoms with van der Waals surface area (Å²) < 4.78 is 42.4. The number of aromatic nitrogens is 2. The molecule has 1 aliphatic heterocycles. The van der Waals surface area contributed by atoms with E-state index >= 15 is 0 Å². The van der Waals surface area contributed by atoms with Crippen LogP contribution in [0.3, 0.4) is 0 Å². The molecular weight excluding hydrogens is 420 g/mol. The molecule has 158 valence electrons. The Morgan fingerprint density at radius 2 is 2.10 bits per heavy atom. The molecule has 10 nitrogen and oxygen atoms in total. The molecule has 0 saturated carbocycles. The van der Waals surface area contributed by atoms with Gasteiger partial charge >= 0.3 is 0 Å². The second-order valence-electron chi connectivity index (χ2n) is 6.15. The number of carbonyl (C=O) groups is 1. The standard InChI is InChI=1S/C17H22N4O6S2/c1-12-18-16(20-27-12)10-28-11-17(22)19-14-9-13(3-4-15(14)25-2)29(23,24)21-5-7-26-8-6-21/h3-4,9H,5-8,10-11H2,1-2H3,(H,19,22). The number of amides is 1. The molecule has 1 amide bonds. The lowest BCUT2D eigenvalue weighted by Gasteiger charge is -2.26. The predicted octanol–water partition coefficient (Wildman–Crippen LogP) is 1.28. The maximum absolute atomic E-state index is 12.8. The average Bonchev–Trinajstić information content (AvgIpc) is 3.13. The number of hydrogen-bond donors (Lipinski definition) is 1. The first-order valence-electron chi connectivity index (χ1n) is 8.83. The van der Waals surface area contributed by atoms with Crippen LogP contribution in [0.4, 0.5) is 5.69 Å². The first-order chi connectivity index (χ1) is 13.9. The van der Waals surface area contributed by atoms with Crippen molar-refractivity contribution in [1.82, 2.24) is 14.4 Å². The fraction of sp³-hybridized carbons (Fsp3) is 0.471. The van der Waals surface area contributed by atoms with E-state index in [0.29, 0.717) is 55.2 Å². The fourth-order valence-corrected chi connectivity index (χ4v) is 4.80. The molecule has 0 radical (unpaired) electrons. The third-order valence-corrected chi connectivity index (χ3v) is 6.91. The van der Waals surface area contributed by atoms with Gasteiger partial charge < -0.3 is 19.3 Å². The number of hydrogen-bond acceptors (Lipinski definition) is 9. The normalized spacial score (nSPS) is 15.2. The Morgan fingerprint density at radius 1 is 1.34 bits per heavy atom. The average molecular weight is 443 g/mol. The monoisotopic (exact) mass is 442 g/mol. The molecule has 0 spiro atoms. The molecule has 12 heteroatoms. The van der Waals surface area contributed by atoms with Crippen molar-refractivity contribution in [2.45, 2.75) is 17.6 Å². The number of ether oxygens (including phenoxy) is 2. The summed E-state index contributed by atoms with van der Waals surface area (Å²) in [6, 6.07) is 4.40. The van der Waals surface area contributed by atoms with Crippen LogP contribution in [0.2, 0.25) is 0 Å². The first kappa shape index (κ1) is 21.6. The summed E-state index contributed by atoms with van der Waals surface area (Å²) in [5.41, 5.74) is 0.294. The Labute approximate surface area is 173 Å². The quantitative estimate of drug-likeness (QED) is 0.644. The smallest absolute Gasteiger partial charge is 0.243 e. The fourth-order valence-electron chi connectivity index (χ4n) is 2.70. The van der Waals surface area contributed by atoms with Gasteiger partial charge in [0.05, 0.1) is 42.4 Å². The summed E-state index contributed by atoms with van der Waals surface area (Å²) in [6.07, 6.45) is 0. The summed E-state index contributed by atoms with van der Waals surface area (Å²) in [6.45, 7) is 2.99. The minimum atomic E-state index is -3.68. The van der Waals surface area contributed by atoms with E-state index in [1.54, 1.807) is 6.92 Å². The molecule has 1 fully saturated rings. The van der Waals surface area contributed by atoms with Crippen LogP contribution in [0.15, 0.2) is 27.6 Å². The maximum Gasteiger partial charge on any atom is 0.243 e. The molecule has 1 aliphatic rings. The highest BCUT2D eigenvalue weighted by molar-refractivity contribution is 7.99. The van der Waals surface area contributed by atoms with Crippen LogP contribution in [0.5, 0.6) is 5.75 Å². The number of rotatable bonds is 8. The van der Waals surface area contributed by atoms with Crippen LogP contribution in [-0.2, 0) is 25.3 Å². The molecule has 0 bridgehead atoms. The Kier molecular flexibility index (Phi) is 7.11. The molecule has 1 saturated heterocycles. The molecule has 29 heavy (non-hydrogen) atoms. The zero-order chi connectivity index (χ0) is 20.9. The van der Waals surface area contributed by atoms with E-state index < -0.39 is 10.0 Å². The summed E-state index contributed by atoms with van der Waals surface area (Å²) in [5, 5.41) is 6.48. The van der Waals surface area contributed by atoms with Gasteiger partial charge in [-0.25, -0.2) is 8.42 Å². The number of nitrogens with zero attached hydrogens (tertiary/aromatic N) is 3. The number of sulfonamides is 1. The molecule has 3 rings (SSSR count). The maximum atomic E-state index is 12.8. The van der Waals surface area contributed by atoms with Crippen LogP contribution in [0, 0.1) is 6.92 Å². The molecule has 0 unspecified atom stereocenters. The van der Waals surface area contributed by atoms with Crippen molar-refractivity contribution in [3.8, 4) is 5.75 Å². The topological polar surface area (TPSA) is 124 Å². The Bertz CT molecular complexity index is 957. The van der Waals surface area contributed by atoms with E-state index in [9.17, 15) is 13.2 Å². The van der Waals surface area contributed by atoms with E-state index in [4.69, 9.17) is 14.0 Å². The van der Waals surface area contributed by atoms with Crippen LogP contribution in [0.25, 0.3) is 0 Å². The van der Waals surface area contributed by atoms with E-state index in [0.717, 1.165) is 0 Å². The SMILES string of the molecule is COc1ccc(S(=O)(=O)N2CCOCC2)cc1NC(=O)CSCc1noc(C)n1. The van der Waals surface area contributed by atoms with Crippen molar-refractivity contribution >= 4 is 33.4 Å². The van der Waals surface area contributed by atoms with E-state index in [1.807, 2.05) is 0 Å². The lowest BCUT2D eigenvalue weighted by Crippen LogP contribution is -2.40. The predicted molar refractivity (Wildman–Crippen MR) is 106 cm³/mol. The van der Waals surface area contributed by atoms with Crippen LogP contribution < -0.4 is 10.1 Å². The number of anilines is 1. The molecule has 2 heterocycles. The van der Waals surface area contributed by atoms with Crippen molar-refractivity contribution < 1.29 is 27.2 Å². The van der Waals surface area contributed by atoms with Gasteiger partial charge in [0.25, 0.3) is 0 Å². The van der Waals surface area contributed by atoms with Gasteiger partial charge in [0.2, 0.25) is 21.8 Å². The molecule has 0 atom stereocenters. The lowest BCUT2D eigenvalue weighted by molar-refractivity contribution is -0.113. The number of thioether (sulfide) groups is 1. The summed E-state index contributed by atoms with van der Waals surface area (Å²) in [7, 11) is -2.23. The molecule has 0 aliphatic carbocycles. The van der Waals surface area contributed by atoms with Crippen molar-refractivity contribution in [1.29, 1.82) is 0 Å². The van der Waals surface area contributed by atoms with Crippen molar-refractivity contribution in [2.24, 2.45) is 0 Å². The van der Waals surface area contributed by atoms with Gasteiger partial charge in [-0.2, -0.15) is 9.29 Å². The summed E-state index contributed by atoms with van der Waals surface area (Å²) in [4.78, 5) is 16.5.